The standard InChI is InChI=1S/CHClF2N2/c2-1(5)6(3)4/h5H. The van der Waals surface area contributed by atoms with Crippen LogP contribution in [-0.2, 0) is 0 Å². The molecule has 0 heterocycles. The zero-order valence-corrected chi connectivity index (χ0v) is 3.34. The smallest absolute Gasteiger partial charge is 0.255 e. The van der Waals surface area contributed by atoms with Crippen molar-refractivity contribution in [3.63, 3.8) is 0 Å². The summed E-state index contributed by atoms with van der Waals surface area (Å²) in [5.41, 5.74) is 0. The van der Waals surface area contributed by atoms with Gasteiger partial charge in [0.1, 0.15) is 0 Å². The molecule has 0 fully saturated rings. The molecule has 0 spiro atoms. The lowest BCUT2D eigenvalue weighted by Gasteiger charge is -1.88. The molecule has 0 radical (unpaired) electrons. The second-order valence-electron chi connectivity index (χ2n) is 0.524. The fraction of sp³-hybridized carbons (Fsp3) is 0. The highest BCUT2D eigenvalue weighted by atomic mass is 35.5. The topological polar surface area (TPSA) is 27.1 Å². The van der Waals surface area contributed by atoms with Crippen molar-refractivity contribution in [3.8, 4) is 0 Å². The number of hydrogen-bond acceptors (Lipinski definition) is 1. The van der Waals surface area contributed by atoms with Crippen molar-refractivity contribution >= 4 is 16.9 Å². The van der Waals surface area contributed by atoms with Gasteiger partial charge in [0.25, 0.3) is 5.29 Å². The average Bonchev–Trinajstić information content (AvgIpc) is 1.36. The number of rotatable bonds is 0. The molecule has 0 aliphatic carbocycles. The first-order valence-electron chi connectivity index (χ1n) is 1.00. The van der Waals surface area contributed by atoms with E-state index in [1.54, 1.807) is 0 Å². The third-order valence-electron chi connectivity index (χ3n) is 0.148. The minimum atomic E-state index is -1.48. The van der Waals surface area contributed by atoms with Crippen LogP contribution in [-0.4, -0.2) is 10.6 Å². The van der Waals surface area contributed by atoms with Gasteiger partial charge < -0.3 is 0 Å². The molecule has 36 valence electrons. The van der Waals surface area contributed by atoms with Gasteiger partial charge in [-0.25, -0.2) is 0 Å². The Kier molecular flexibility index (Phi) is 1.80. The summed E-state index contributed by atoms with van der Waals surface area (Å²) in [4.78, 5) is 0. The van der Waals surface area contributed by atoms with Crippen molar-refractivity contribution in [3.05, 3.63) is 0 Å². The Hall–Kier alpha value is -0.380. The van der Waals surface area contributed by atoms with Gasteiger partial charge in [0, 0.05) is 0 Å². The van der Waals surface area contributed by atoms with E-state index in [0.717, 1.165) is 0 Å². The van der Waals surface area contributed by atoms with Crippen LogP contribution in [0.1, 0.15) is 0 Å². The summed E-state index contributed by atoms with van der Waals surface area (Å²) < 4.78 is 21.3. The molecule has 0 aliphatic heterocycles. The fourth-order valence-electron chi connectivity index (χ4n) is 0. The quantitative estimate of drug-likeness (QED) is 0.218. The Bertz CT molecular complexity index is 62.6. The molecule has 5 heteroatoms. The maximum atomic E-state index is 10.6. The summed E-state index contributed by atoms with van der Waals surface area (Å²) in [7, 11) is 0. The van der Waals surface area contributed by atoms with E-state index in [9.17, 15) is 8.96 Å². The SMILES string of the molecule is N=C(Cl)N(F)F. The number of halogens is 3. The maximum absolute atomic E-state index is 10.6. The molecule has 0 atom stereocenters. The van der Waals surface area contributed by atoms with E-state index >= 15 is 0 Å². The highest BCUT2D eigenvalue weighted by Gasteiger charge is 1.98. The normalized spacial score (nSPS) is 7.83. The van der Waals surface area contributed by atoms with Gasteiger partial charge in [-0.15, -0.1) is 0 Å². The van der Waals surface area contributed by atoms with Gasteiger partial charge in [-0.1, -0.05) is 8.96 Å². The third kappa shape index (κ3) is 1.90. The summed E-state index contributed by atoms with van der Waals surface area (Å²) in [6, 6.07) is 0. The second-order valence-corrected chi connectivity index (χ2v) is 0.882. The van der Waals surface area contributed by atoms with E-state index in [4.69, 9.17) is 5.41 Å². The van der Waals surface area contributed by atoms with E-state index < -0.39 is 10.6 Å². The number of nitrogens with one attached hydrogen (secondary N) is 1. The van der Waals surface area contributed by atoms with E-state index in [1.807, 2.05) is 0 Å². The molecule has 0 amide bonds. The maximum Gasteiger partial charge on any atom is 0.255 e. The Morgan fingerprint density at radius 1 is 1.67 bits per heavy atom. The lowest BCUT2D eigenvalue weighted by Crippen LogP contribution is -2.02. The highest BCUT2D eigenvalue weighted by Crippen LogP contribution is 1.92. The van der Waals surface area contributed by atoms with Crippen LogP contribution in [0.5, 0.6) is 0 Å². The van der Waals surface area contributed by atoms with Crippen molar-refractivity contribution in [2.24, 2.45) is 0 Å². The number of nitrogens with zero attached hydrogens (tertiary/aromatic N) is 1. The van der Waals surface area contributed by atoms with Gasteiger partial charge >= 0.3 is 0 Å². The van der Waals surface area contributed by atoms with Crippen molar-refractivity contribution in [2.75, 3.05) is 0 Å². The summed E-state index contributed by atoms with van der Waals surface area (Å²) in [6.45, 7) is 0. The molecule has 0 aliphatic rings. The Morgan fingerprint density at radius 3 is 1.83 bits per heavy atom. The molecule has 0 aromatic carbocycles. The van der Waals surface area contributed by atoms with Crippen LogP contribution in [0, 0.1) is 5.41 Å². The highest BCUT2D eigenvalue weighted by molar-refractivity contribution is 6.63. The first-order valence-corrected chi connectivity index (χ1v) is 1.38. The van der Waals surface area contributed by atoms with Crippen LogP contribution in [0.2, 0.25) is 0 Å². The first-order chi connectivity index (χ1) is 2.64. The lowest BCUT2D eigenvalue weighted by atomic mass is 11.4. The summed E-state index contributed by atoms with van der Waals surface area (Å²) in [5.74, 6) is 0. The molecule has 0 saturated heterocycles. The van der Waals surface area contributed by atoms with Gasteiger partial charge in [0.2, 0.25) is 0 Å². The van der Waals surface area contributed by atoms with Gasteiger partial charge in [0.15, 0.2) is 0 Å². The minimum absolute atomic E-state index is 1.27. The van der Waals surface area contributed by atoms with Gasteiger partial charge in [-0.2, -0.15) is 0 Å². The van der Waals surface area contributed by atoms with Crippen LogP contribution in [0.25, 0.3) is 0 Å². The number of amidine groups is 1. The lowest BCUT2D eigenvalue weighted by molar-refractivity contribution is -0.0710. The molecular weight excluding hydrogens is 113 g/mol. The second kappa shape index (κ2) is 1.92. The van der Waals surface area contributed by atoms with Crippen molar-refractivity contribution in [2.45, 2.75) is 0 Å². The molecule has 6 heavy (non-hydrogen) atoms. The van der Waals surface area contributed by atoms with E-state index in [1.165, 1.54) is 0 Å². The molecule has 1 N–H and O–H groups in total. The Morgan fingerprint density at radius 2 is 1.83 bits per heavy atom. The van der Waals surface area contributed by atoms with Gasteiger partial charge in [-0.05, 0) is 16.9 Å². The van der Waals surface area contributed by atoms with E-state index in [-0.39, 0.29) is 0 Å². The van der Waals surface area contributed by atoms with Crippen molar-refractivity contribution in [1.82, 2.24) is 5.34 Å². The zero-order valence-electron chi connectivity index (χ0n) is 2.58. The molecule has 0 saturated carbocycles. The zero-order chi connectivity index (χ0) is 5.15. The van der Waals surface area contributed by atoms with Crippen LogP contribution >= 0.6 is 11.6 Å². The fourth-order valence-corrected chi connectivity index (χ4v) is 0. The van der Waals surface area contributed by atoms with Crippen molar-refractivity contribution in [1.29, 1.82) is 5.41 Å². The largest absolute Gasteiger partial charge is 0.270 e. The number of hydrogen-bond donors (Lipinski definition) is 1. The van der Waals surface area contributed by atoms with Gasteiger partial charge in [0.05, 0.1) is 0 Å². The predicted molar refractivity (Wildman–Crippen MR) is 17.6 cm³/mol. The van der Waals surface area contributed by atoms with Crippen LogP contribution in [0.15, 0.2) is 0 Å². The molecule has 0 aromatic rings. The molecule has 0 rings (SSSR count). The molecule has 0 bridgehead atoms. The van der Waals surface area contributed by atoms with E-state index in [0.29, 0.717) is 0 Å². The average molecular weight is 114 g/mol. The molecular formula is CHClF2N2. The predicted octanol–water partition coefficient (Wildman–Crippen LogP) is 1.23. The summed E-state index contributed by atoms with van der Waals surface area (Å²) in [5, 5.41) is 3.14. The van der Waals surface area contributed by atoms with Crippen LogP contribution in [0.3, 0.4) is 0 Å². The Balaban J connectivity index is 3.26. The summed E-state index contributed by atoms with van der Waals surface area (Å²) in [6.07, 6.45) is 0. The molecule has 2 nitrogen and oxygen atoms in total. The third-order valence-corrected chi connectivity index (χ3v) is 0.276. The minimum Gasteiger partial charge on any atom is -0.270 e. The molecule has 0 unspecified atom stereocenters. The first kappa shape index (κ1) is 5.62. The van der Waals surface area contributed by atoms with Gasteiger partial charge in [-0.3, -0.25) is 5.41 Å². The monoisotopic (exact) mass is 114 g/mol. The Labute approximate surface area is 37.7 Å². The van der Waals surface area contributed by atoms with Crippen LogP contribution in [0.4, 0.5) is 8.96 Å². The molecule has 0 aromatic heterocycles. The summed E-state index contributed by atoms with van der Waals surface area (Å²) >= 11 is 4.37. The van der Waals surface area contributed by atoms with Crippen molar-refractivity contribution < 1.29 is 8.96 Å². The van der Waals surface area contributed by atoms with Crippen LogP contribution < -0.4 is 0 Å². The van der Waals surface area contributed by atoms with E-state index in [2.05, 4.69) is 11.6 Å².